The van der Waals surface area contributed by atoms with Crippen molar-refractivity contribution < 1.29 is 9.15 Å². The van der Waals surface area contributed by atoms with E-state index in [-0.39, 0.29) is 12.1 Å². The van der Waals surface area contributed by atoms with Crippen LogP contribution in [0.15, 0.2) is 77.3 Å². The van der Waals surface area contributed by atoms with Gasteiger partial charge in [0.2, 0.25) is 0 Å². The van der Waals surface area contributed by atoms with Gasteiger partial charge in [0.05, 0.1) is 28.9 Å². The highest BCUT2D eigenvalue weighted by Crippen LogP contribution is 2.44. The van der Waals surface area contributed by atoms with Gasteiger partial charge in [-0.1, -0.05) is 40.9 Å². The number of ether oxygens (including phenoxy) is 1. The molecule has 1 saturated heterocycles. The maximum Gasteiger partial charge on any atom is 0.174 e. The number of methoxy groups -OCH3 is 1. The first kappa shape index (κ1) is 23.0. The van der Waals surface area contributed by atoms with Gasteiger partial charge in [-0.3, -0.25) is 4.98 Å². The van der Waals surface area contributed by atoms with Gasteiger partial charge in [0.25, 0.3) is 0 Å². The van der Waals surface area contributed by atoms with Crippen LogP contribution in [0.3, 0.4) is 0 Å². The number of anilines is 1. The van der Waals surface area contributed by atoms with E-state index in [1.165, 1.54) is 0 Å². The fraction of sp³-hybridized carbons (Fsp3) is 0.120. The van der Waals surface area contributed by atoms with Crippen molar-refractivity contribution in [3.8, 4) is 17.1 Å². The highest BCUT2D eigenvalue weighted by molar-refractivity contribution is 7.80. The van der Waals surface area contributed by atoms with Gasteiger partial charge >= 0.3 is 0 Å². The lowest BCUT2D eigenvalue weighted by Gasteiger charge is -2.26. The smallest absolute Gasteiger partial charge is 0.174 e. The Labute approximate surface area is 217 Å². The SMILES string of the molecule is COc1ccc(N2C(=S)N[C@H](c3ccccn3)[C@H]2c2ccc(-c3ccc(Cl)cc3Cl)o2)cc1Cl. The molecule has 1 aliphatic rings. The molecule has 1 aliphatic heterocycles. The zero-order chi connectivity index (χ0) is 23.8. The highest BCUT2D eigenvalue weighted by Gasteiger charge is 2.42. The number of pyridine rings is 1. The molecule has 5 nitrogen and oxygen atoms in total. The van der Waals surface area contributed by atoms with Crippen LogP contribution in [0.5, 0.6) is 5.75 Å². The topological polar surface area (TPSA) is 50.5 Å². The summed E-state index contributed by atoms with van der Waals surface area (Å²) in [7, 11) is 1.58. The number of hydrogen-bond donors (Lipinski definition) is 1. The fourth-order valence-electron chi connectivity index (χ4n) is 4.07. The molecule has 0 aliphatic carbocycles. The molecule has 1 N–H and O–H groups in total. The minimum Gasteiger partial charge on any atom is -0.495 e. The lowest BCUT2D eigenvalue weighted by molar-refractivity contribution is 0.415. The van der Waals surface area contributed by atoms with E-state index in [0.29, 0.717) is 37.5 Å². The number of nitrogens with zero attached hydrogens (tertiary/aromatic N) is 2. The first-order valence-electron chi connectivity index (χ1n) is 10.4. The summed E-state index contributed by atoms with van der Waals surface area (Å²) in [5, 5.41) is 5.48. The summed E-state index contributed by atoms with van der Waals surface area (Å²) in [4.78, 5) is 6.54. The predicted octanol–water partition coefficient (Wildman–Crippen LogP) is 7.49. The average Bonchev–Trinajstić information content (AvgIpc) is 3.44. The van der Waals surface area contributed by atoms with E-state index in [2.05, 4.69) is 10.3 Å². The van der Waals surface area contributed by atoms with Crippen LogP contribution in [0.2, 0.25) is 15.1 Å². The Morgan fingerprint density at radius 1 is 1.00 bits per heavy atom. The summed E-state index contributed by atoms with van der Waals surface area (Å²) >= 11 is 24.7. The highest BCUT2D eigenvalue weighted by atomic mass is 35.5. The minimum absolute atomic E-state index is 0.255. The molecule has 1 fully saturated rings. The van der Waals surface area contributed by atoms with E-state index < -0.39 is 0 Å². The Hall–Kier alpha value is -2.77. The molecule has 0 radical (unpaired) electrons. The molecule has 3 heterocycles. The molecule has 172 valence electrons. The number of thiocarbonyl (C=S) groups is 1. The molecular weight excluding hydrogens is 513 g/mol. The summed E-state index contributed by atoms with van der Waals surface area (Å²) in [6, 6.07) is 19.9. The van der Waals surface area contributed by atoms with E-state index in [1.807, 2.05) is 59.5 Å². The van der Waals surface area contributed by atoms with E-state index in [9.17, 15) is 0 Å². The summed E-state index contributed by atoms with van der Waals surface area (Å²) in [6.07, 6.45) is 1.76. The summed E-state index contributed by atoms with van der Waals surface area (Å²) in [6.45, 7) is 0. The normalized spacial score (nSPS) is 17.6. The number of aromatic nitrogens is 1. The van der Waals surface area contributed by atoms with Crippen molar-refractivity contribution in [3.63, 3.8) is 0 Å². The molecule has 0 amide bonds. The Balaban J connectivity index is 1.61. The Kier molecular flexibility index (Phi) is 6.40. The molecule has 2 aromatic heterocycles. The average molecular weight is 531 g/mol. The van der Waals surface area contributed by atoms with Crippen LogP contribution in [0.4, 0.5) is 5.69 Å². The first-order chi connectivity index (χ1) is 16.5. The molecule has 0 spiro atoms. The van der Waals surface area contributed by atoms with E-state index in [0.717, 1.165) is 16.9 Å². The second-order valence-electron chi connectivity index (χ2n) is 7.64. The first-order valence-corrected chi connectivity index (χ1v) is 11.9. The summed E-state index contributed by atoms with van der Waals surface area (Å²) in [5.41, 5.74) is 2.38. The lowest BCUT2D eigenvalue weighted by atomic mass is 10.0. The third kappa shape index (κ3) is 4.23. The van der Waals surface area contributed by atoms with Crippen LogP contribution < -0.4 is 15.0 Å². The van der Waals surface area contributed by atoms with Crippen molar-refractivity contribution in [1.29, 1.82) is 0 Å². The van der Waals surface area contributed by atoms with Gasteiger partial charge in [-0.2, -0.15) is 0 Å². The summed E-state index contributed by atoms with van der Waals surface area (Å²) < 4.78 is 11.7. The zero-order valence-corrected chi connectivity index (χ0v) is 20.9. The van der Waals surface area contributed by atoms with Crippen LogP contribution >= 0.6 is 47.0 Å². The van der Waals surface area contributed by atoms with E-state index in [1.54, 1.807) is 25.4 Å². The van der Waals surface area contributed by atoms with Crippen LogP contribution in [-0.4, -0.2) is 17.2 Å². The molecule has 0 bridgehead atoms. The van der Waals surface area contributed by atoms with Crippen molar-refractivity contribution >= 4 is 57.8 Å². The van der Waals surface area contributed by atoms with Crippen LogP contribution in [0.1, 0.15) is 23.5 Å². The monoisotopic (exact) mass is 529 g/mol. The van der Waals surface area contributed by atoms with E-state index >= 15 is 0 Å². The van der Waals surface area contributed by atoms with Gasteiger partial charge in [0.1, 0.15) is 23.3 Å². The number of furan rings is 1. The van der Waals surface area contributed by atoms with Gasteiger partial charge in [0.15, 0.2) is 5.11 Å². The number of nitrogens with one attached hydrogen (secondary N) is 1. The Morgan fingerprint density at radius 3 is 2.56 bits per heavy atom. The third-order valence-corrected chi connectivity index (χ3v) is 6.78. The van der Waals surface area contributed by atoms with Crippen molar-refractivity contribution in [3.05, 3.63) is 99.4 Å². The second-order valence-corrected chi connectivity index (χ2v) is 9.28. The lowest BCUT2D eigenvalue weighted by Crippen LogP contribution is -2.29. The Bertz CT molecular complexity index is 1360. The molecule has 2 atom stereocenters. The number of halogens is 3. The standard InChI is InChI=1S/C25H18Cl3N3O2S/c1-32-21-8-6-15(13-18(21)28)31-24(23(30-25(31)34)19-4-2-3-11-29-19)22-10-9-20(33-22)16-7-5-14(26)12-17(16)27/h2-13,23-24H,1H3,(H,30,34)/t23-,24-/m1/s1. The molecule has 2 aromatic carbocycles. The van der Waals surface area contributed by atoms with Crippen molar-refractivity contribution in [1.82, 2.24) is 10.3 Å². The quantitative estimate of drug-likeness (QED) is 0.270. The molecule has 34 heavy (non-hydrogen) atoms. The zero-order valence-electron chi connectivity index (χ0n) is 17.8. The predicted molar refractivity (Wildman–Crippen MR) is 140 cm³/mol. The van der Waals surface area contributed by atoms with Crippen molar-refractivity contribution in [2.75, 3.05) is 12.0 Å². The maximum absolute atomic E-state index is 6.44. The summed E-state index contributed by atoms with van der Waals surface area (Å²) in [5.74, 6) is 1.90. The number of benzene rings is 2. The second kappa shape index (κ2) is 9.47. The molecular formula is C25H18Cl3N3O2S. The molecule has 0 saturated carbocycles. The van der Waals surface area contributed by atoms with Crippen LogP contribution in [0, 0.1) is 0 Å². The molecule has 9 heteroatoms. The van der Waals surface area contributed by atoms with Gasteiger partial charge in [-0.15, -0.1) is 0 Å². The molecule has 4 aromatic rings. The Morgan fingerprint density at radius 2 is 1.85 bits per heavy atom. The minimum atomic E-state index is -0.327. The fourth-order valence-corrected chi connectivity index (χ4v) is 5.17. The maximum atomic E-state index is 6.44. The third-order valence-electron chi connectivity index (χ3n) is 5.63. The van der Waals surface area contributed by atoms with E-state index in [4.69, 9.17) is 56.2 Å². The van der Waals surface area contributed by atoms with Gasteiger partial charge in [-0.05, 0) is 72.9 Å². The number of rotatable bonds is 5. The van der Waals surface area contributed by atoms with Crippen molar-refractivity contribution in [2.45, 2.75) is 12.1 Å². The molecule has 5 rings (SSSR count). The van der Waals surface area contributed by atoms with Crippen molar-refractivity contribution in [2.24, 2.45) is 0 Å². The van der Waals surface area contributed by atoms with Gasteiger partial charge in [0, 0.05) is 22.5 Å². The van der Waals surface area contributed by atoms with Gasteiger partial charge in [-0.25, -0.2) is 0 Å². The van der Waals surface area contributed by atoms with Gasteiger partial charge < -0.3 is 19.4 Å². The van der Waals surface area contributed by atoms with Crippen LogP contribution in [-0.2, 0) is 0 Å². The van der Waals surface area contributed by atoms with Crippen LogP contribution in [0.25, 0.3) is 11.3 Å². The molecule has 0 unspecified atom stereocenters. The largest absolute Gasteiger partial charge is 0.495 e. The number of hydrogen-bond acceptors (Lipinski definition) is 4.